The van der Waals surface area contributed by atoms with Gasteiger partial charge < -0.3 is 14.8 Å². The van der Waals surface area contributed by atoms with Gasteiger partial charge in [0.1, 0.15) is 11.5 Å². The number of rotatable bonds is 8. The van der Waals surface area contributed by atoms with E-state index in [1.165, 1.54) is 30.6 Å². The van der Waals surface area contributed by atoms with Crippen molar-refractivity contribution >= 4 is 0 Å². The standard InChI is InChI=1S/C30H36N2O2/c1-21-20-32-17-16-26(21)29(31-19-24-18-25(33-2)14-15-27(24)34-3)30(32)28(22-10-6-4-7-11-22)23-12-8-5-9-13-23/h4-15,18,21,26,28-31H,16-17,19-20H2,1-3H3/t21-,26+,29+,30+/m0/s1. The summed E-state index contributed by atoms with van der Waals surface area (Å²) in [4.78, 5) is 2.75. The van der Waals surface area contributed by atoms with E-state index in [-0.39, 0.29) is 0 Å². The Balaban J connectivity index is 1.51. The number of methoxy groups -OCH3 is 2. The normalized spacial score (nSPS) is 25.9. The minimum atomic E-state index is 0.322. The Labute approximate surface area is 203 Å². The summed E-state index contributed by atoms with van der Waals surface area (Å²) in [5, 5.41) is 4.02. The summed E-state index contributed by atoms with van der Waals surface area (Å²) in [5.41, 5.74) is 3.93. The third-order valence-electron chi connectivity index (χ3n) is 7.93. The van der Waals surface area contributed by atoms with Crippen LogP contribution < -0.4 is 14.8 Å². The van der Waals surface area contributed by atoms with Crippen LogP contribution in [0.2, 0.25) is 0 Å². The molecule has 3 fully saturated rings. The molecule has 3 heterocycles. The summed E-state index contributed by atoms with van der Waals surface area (Å²) >= 11 is 0. The molecule has 34 heavy (non-hydrogen) atoms. The van der Waals surface area contributed by atoms with Gasteiger partial charge in [0.15, 0.2) is 0 Å². The molecule has 6 rings (SSSR count). The van der Waals surface area contributed by atoms with Gasteiger partial charge in [-0.05, 0) is 54.1 Å². The molecule has 1 N–H and O–H groups in total. The average molecular weight is 457 g/mol. The van der Waals surface area contributed by atoms with Gasteiger partial charge >= 0.3 is 0 Å². The molecule has 4 nitrogen and oxygen atoms in total. The lowest BCUT2D eigenvalue weighted by molar-refractivity contribution is -0.0311. The number of fused-ring (bicyclic) bond motifs is 3. The van der Waals surface area contributed by atoms with Gasteiger partial charge in [-0.25, -0.2) is 0 Å². The second-order valence-corrected chi connectivity index (χ2v) is 9.80. The van der Waals surface area contributed by atoms with Crippen LogP contribution in [-0.4, -0.2) is 44.3 Å². The molecule has 0 saturated carbocycles. The Hall–Kier alpha value is -2.82. The lowest BCUT2D eigenvalue weighted by Crippen LogP contribution is -2.67. The van der Waals surface area contributed by atoms with Crippen LogP contribution in [0.25, 0.3) is 0 Å². The molecule has 0 amide bonds. The van der Waals surface area contributed by atoms with Gasteiger partial charge in [-0.1, -0.05) is 67.6 Å². The maximum absolute atomic E-state index is 5.67. The number of benzene rings is 3. The molecule has 178 valence electrons. The van der Waals surface area contributed by atoms with Crippen LogP contribution in [0.3, 0.4) is 0 Å². The van der Waals surface area contributed by atoms with Crippen LogP contribution in [0.15, 0.2) is 78.9 Å². The molecule has 5 atom stereocenters. The third-order valence-corrected chi connectivity index (χ3v) is 7.93. The van der Waals surface area contributed by atoms with E-state index < -0.39 is 0 Å². The van der Waals surface area contributed by atoms with Gasteiger partial charge in [0.2, 0.25) is 0 Å². The Morgan fingerprint density at radius 3 is 2.18 bits per heavy atom. The van der Waals surface area contributed by atoms with E-state index in [4.69, 9.17) is 9.47 Å². The van der Waals surface area contributed by atoms with Crippen molar-refractivity contribution in [1.29, 1.82) is 0 Å². The fourth-order valence-corrected chi connectivity index (χ4v) is 6.33. The van der Waals surface area contributed by atoms with Crippen LogP contribution in [-0.2, 0) is 6.54 Å². The molecular weight excluding hydrogens is 420 g/mol. The van der Waals surface area contributed by atoms with Crippen molar-refractivity contribution in [2.75, 3.05) is 27.3 Å². The SMILES string of the molecule is COc1ccc(OC)c(CN[C@@H]2[C@@H]3CCN(C[C@@H]3C)[C@@H]2C(c2ccccc2)c2ccccc2)c1. The molecule has 2 bridgehead atoms. The number of ether oxygens (including phenoxy) is 2. The van der Waals surface area contributed by atoms with E-state index in [1.807, 2.05) is 12.1 Å². The fourth-order valence-electron chi connectivity index (χ4n) is 6.33. The number of nitrogens with one attached hydrogen (secondary N) is 1. The Kier molecular flexibility index (Phi) is 6.89. The smallest absolute Gasteiger partial charge is 0.123 e. The van der Waals surface area contributed by atoms with Crippen molar-refractivity contribution in [3.8, 4) is 11.5 Å². The van der Waals surface area contributed by atoms with Gasteiger partial charge in [-0.2, -0.15) is 0 Å². The summed E-state index contributed by atoms with van der Waals surface area (Å²) in [6.45, 7) is 5.53. The highest BCUT2D eigenvalue weighted by molar-refractivity contribution is 5.41. The molecule has 3 aliphatic heterocycles. The van der Waals surface area contributed by atoms with E-state index in [9.17, 15) is 0 Å². The molecule has 3 saturated heterocycles. The molecule has 4 heteroatoms. The number of hydrogen-bond acceptors (Lipinski definition) is 4. The molecule has 0 radical (unpaired) electrons. The second kappa shape index (κ2) is 10.2. The highest BCUT2D eigenvalue weighted by Crippen LogP contribution is 2.44. The summed E-state index contributed by atoms with van der Waals surface area (Å²) in [5.74, 6) is 3.43. The van der Waals surface area contributed by atoms with E-state index in [0.717, 1.165) is 23.6 Å². The Morgan fingerprint density at radius 1 is 0.912 bits per heavy atom. The molecule has 3 aliphatic rings. The lowest BCUT2D eigenvalue weighted by atomic mass is 9.67. The second-order valence-electron chi connectivity index (χ2n) is 9.80. The van der Waals surface area contributed by atoms with Crippen molar-refractivity contribution in [3.05, 3.63) is 95.6 Å². The first-order chi connectivity index (χ1) is 16.7. The van der Waals surface area contributed by atoms with E-state index in [2.05, 4.69) is 83.9 Å². The molecule has 0 aromatic heterocycles. The first-order valence-electron chi connectivity index (χ1n) is 12.5. The molecule has 3 aromatic carbocycles. The highest BCUT2D eigenvalue weighted by Gasteiger charge is 2.49. The predicted octanol–water partition coefficient (Wildman–Crippen LogP) is 5.33. The van der Waals surface area contributed by atoms with Gasteiger partial charge in [-0.15, -0.1) is 0 Å². The molecule has 0 aliphatic carbocycles. The average Bonchev–Trinajstić information content (AvgIpc) is 2.89. The molecular formula is C30H36N2O2. The molecule has 0 spiro atoms. The van der Waals surface area contributed by atoms with Crippen molar-refractivity contribution in [3.63, 3.8) is 0 Å². The first kappa shape index (κ1) is 22.9. The number of hydrogen-bond donors (Lipinski definition) is 1. The molecule has 1 unspecified atom stereocenters. The zero-order valence-corrected chi connectivity index (χ0v) is 20.5. The molecule has 3 aromatic rings. The minimum Gasteiger partial charge on any atom is -0.497 e. The van der Waals surface area contributed by atoms with Gasteiger partial charge in [0.25, 0.3) is 0 Å². The Morgan fingerprint density at radius 2 is 1.59 bits per heavy atom. The monoisotopic (exact) mass is 456 g/mol. The summed E-state index contributed by atoms with van der Waals surface area (Å²) in [7, 11) is 3.46. The van der Waals surface area contributed by atoms with Crippen LogP contribution in [0.5, 0.6) is 11.5 Å². The van der Waals surface area contributed by atoms with E-state index in [0.29, 0.717) is 29.8 Å². The van der Waals surface area contributed by atoms with Crippen molar-refractivity contribution in [1.82, 2.24) is 10.2 Å². The lowest BCUT2D eigenvalue weighted by Gasteiger charge is -2.56. The van der Waals surface area contributed by atoms with Crippen LogP contribution in [0.4, 0.5) is 0 Å². The first-order valence-corrected chi connectivity index (χ1v) is 12.5. The maximum Gasteiger partial charge on any atom is 0.123 e. The van der Waals surface area contributed by atoms with Gasteiger partial charge in [0, 0.05) is 36.7 Å². The maximum atomic E-state index is 5.67. The Bertz CT molecular complexity index is 1030. The van der Waals surface area contributed by atoms with Crippen LogP contribution in [0, 0.1) is 11.8 Å². The summed E-state index contributed by atoms with van der Waals surface area (Å²) in [6, 6.07) is 29.0. The predicted molar refractivity (Wildman–Crippen MR) is 138 cm³/mol. The number of piperidine rings is 3. The topological polar surface area (TPSA) is 33.7 Å². The zero-order valence-electron chi connectivity index (χ0n) is 20.5. The zero-order chi connectivity index (χ0) is 23.5. The fraction of sp³-hybridized carbons (Fsp3) is 0.400. The van der Waals surface area contributed by atoms with Crippen molar-refractivity contribution in [2.45, 2.75) is 37.9 Å². The number of nitrogens with zero attached hydrogens (tertiary/aromatic N) is 1. The highest BCUT2D eigenvalue weighted by atomic mass is 16.5. The minimum absolute atomic E-state index is 0.322. The van der Waals surface area contributed by atoms with E-state index in [1.54, 1.807) is 14.2 Å². The van der Waals surface area contributed by atoms with Gasteiger partial charge in [0.05, 0.1) is 14.2 Å². The van der Waals surface area contributed by atoms with Crippen LogP contribution >= 0.6 is 0 Å². The van der Waals surface area contributed by atoms with Gasteiger partial charge in [-0.3, -0.25) is 4.90 Å². The van der Waals surface area contributed by atoms with E-state index >= 15 is 0 Å². The third kappa shape index (κ3) is 4.45. The van der Waals surface area contributed by atoms with Crippen LogP contribution in [0.1, 0.15) is 36.0 Å². The van der Waals surface area contributed by atoms with Crippen molar-refractivity contribution in [2.24, 2.45) is 11.8 Å². The van der Waals surface area contributed by atoms with Crippen molar-refractivity contribution < 1.29 is 9.47 Å². The largest absolute Gasteiger partial charge is 0.497 e. The summed E-state index contributed by atoms with van der Waals surface area (Å²) < 4.78 is 11.2. The quantitative estimate of drug-likeness (QED) is 0.496. The summed E-state index contributed by atoms with van der Waals surface area (Å²) in [6.07, 6.45) is 1.25.